The molecule has 1 N–H and O–H groups in total. The minimum absolute atomic E-state index is 0.0964. The maximum Gasteiger partial charge on any atom is 0.230 e. The predicted molar refractivity (Wildman–Crippen MR) is 120 cm³/mol. The number of piperidine rings is 1. The van der Waals surface area contributed by atoms with Gasteiger partial charge in [-0.15, -0.1) is 5.10 Å². The molecular weight excluding hydrogens is 412 g/mol. The van der Waals surface area contributed by atoms with E-state index in [0.29, 0.717) is 28.4 Å². The Hall–Kier alpha value is -2.84. The molecule has 1 aliphatic heterocycles. The number of hydrogen-bond donors (Lipinski definition) is 1. The molecule has 1 aliphatic rings. The summed E-state index contributed by atoms with van der Waals surface area (Å²) in [6.07, 6.45) is 2.81. The van der Waals surface area contributed by atoms with Crippen LogP contribution in [0.1, 0.15) is 36.8 Å². The average molecular weight is 439 g/mol. The van der Waals surface area contributed by atoms with Crippen molar-refractivity contribution < 1.29 is 14.3 Å². The zero-order valence-electron chi connectivity index (χ0n) is 17.9. The van der Waals surface area contributed by atoms with Gasteiger partial charge in [-0.1, -0.05) is 37.3 Å². The fraction of sp³-hybridized carbons (Fsp3) is 0.391. The van der Waals surface area contributed by atoms with E-state index < -0.39 is 0 Å². The summed E-state index contributed by atoms with van der Waals surface area (Å²) in [4.78, 5) is 8.55. The summed E-state index contributed by atoms with van der Waals surface area (Å²) in [6.45, 7) is 6.53. The number of furan rings is 1. The number of nitrogens with zero attached hydrogens (tertiary/aromatic N) is 4. The van der Waals surface area contributed by atoms with E-state index in [4.69, 9.17) is 9.15 Å². The fourth-order valence-corrected chi connectivity index (χ4v) is 5.82. The Kier molecular flexibility index (Phi) is 5.19. The molecule has 1 fully saturated rings. The third-order valence-corrected chi connectivity index (χ3v) is 6.93. The molecule has 0 aliphatic carbocycles. The maximum absolute atomic E-state index is 11.2. The molecule has 1 aromatic carbocycles. The zero-order valence-corrected chi connectivity index (χ0v) is 18.7. The van der Waals surface area contributed by atoms with Gasteiger partial charge in [0.2, 0.25) is 16.7 Å². The molecule has 3 aromatic heterocycles. The van der Waals surface area contributed by atoms with Gasteiger partial charge in [-0.2, -0.15) is 9.50 Å². The summed E-state index contributed by atoms with van der Waals surface area (Å²) in [7, 11) is 1.68. The monoisotopic (exact) mass is 438 g/mol. The van der Waals surface area contributed by atoms with Crippen LogP contribution < -0.4 is 4.74 Å². The van der Waals surface area contributed by atoms with Crippen LogP contribution in [-0.4, -0.2) is 44.8 Å². The van der Waals surface area contributed by atoms with Crippen molar-refractivity contribution >= 4 is 16.3 Å². The second-order valence-electron chi connectivity index (χ2n) is 8.48. The smallest absolute Gasteiger partial charge is 0.230 e. The molecule has 0 spiro atoms. The molecule has 1 saturated heterocycles. The fourth-order valence-electron chi connectivity index (χ4n) is 4.70. The zero-order chi connectivity index (χ0) is 21.5. The molecule has 0 unspecified atom stereocenters. The van der Waals surface area contributed by atoms with Gasteiger partial charge in [-0.05, 0) is 48.1 Å². The Labute approximate surface area is 184 Å². The lowest BCUT2D eigenvalue weighted by molar-refractivity contribution is 0.111. The van der Waals surface area contributed by atoms with Gasteiger partial charge in [0.05, 0.1) is 24.3 Å². The first-order valence-corrected chi connectivity index (χ1v) is 11.4. The Morgan fingerprint density at radius 2 is 2.00 bits per heavy atom. The lowest BCUT2D eigenvalue weighted by Gasteiger charge is -2.40. The van der Waals surface area contributed by atoms with Crippen molar-refractivity contribution in [1.82, 2.24) is 19.5 Å². The maximum atomic E-state index is 11.2. The van der Waals surface area contributed by atoms with Crippen LogP contribution in [0.5, 0.6) is 11.6 Å². The molecule has 0 bridgehead atoms. The van der Waals surface area contributed by atoms with Gasteiger partial charge in [-0.25, -0.2) is 0 Å². The van der Waals surface area contributed by atoms with Crippen molar-refractivity contribution in [1.29, 1.82) is 0 Å². The third-order valence-electron chi connectivity index (χ3n) is 5.86. The first kappa shape index (κ1) is 20.1. The summed E-state index contributed by atoms with van der Waals surface area (Å²) in [5.74, 6) is 3.17. The van der Waals surface area contributed by atoms with Crippen molar-refractivity contribution in [3.63, 3.8) is 0 Å². The van der Waals surface area contributed by atoms with E-state index in [1.54, 1.807) is 19.4 Å². The van der Waals surface area contributed by atoms with E-state index >= 15 is 0 Å². The molecule has 31 heavy (non-hydrogen) atoms. The molecule has 0 saturated carbocycles. The summed E-state index contributed by atoms with van der Waals surface area (Å²) >= 11 is 1.47. The van der Waals surface area contributed by atoms with E-state index in [-0.39, 0.29) is 11.9 Å². The summed E-state index contributed by atoms with van der Waals surface area (Å²) < 4.78 is 12.4. The van der Waals surface area contributed by atoms with E-state index in [9.17, 15) is 5.11 Å². The molecular formula is C23H26N4O3S. The standard InChI is InChI=1S/C23H26N4O3S/c1-14-10-15(2)13-26(12-14)19(16-6-4-7-17(11-16)29-3)20-22(28)27-23(31-20)24-21(25-27)18-8-5-9-30-18/h4-9,11,14-15,19,28H,10,12-13H2,1-3H3/t14-,15-,19-/m0/s1. The number of aromatic nitrogens is 3. The molecule has 8 heteroatoms. The van der Waals surface area contributed by atoms with Crippen LogP contribution in [0.15, 0.2) is 47.1 Å². The molecule has 162 valence electrons. The van der Waals surface area contributed by atoms with E-state index in [1.165, 1.54) is 22.3 Å². The minimum Gasteiger partial charge on any atom is -0.497 e. The van der Waals surface area contributed by atoms with Gasteiger partial charge in [0.25, 0.3) is 0 Å². The highest BCUT2D eigenvalue weighted by molar-refractivity contribution is 7.17. The van der Waals surface area contributed by atoms with Crippen LogP contribution >= 0.6 is 11.3 Å². The van der Waals surface area contributed by atoms with Crippen molar-refractivity contribution in [3.05, 3.63) is 53.1 Å². The number of fused-ring (bicyclic) bond motifs is 1. The summed E-state index contributed by atoms with van der Waals surface area (Å²) in [5, 5.41) is 15.7. The van der Waals surface area contributed by atoms with Gasteiger partial charge in [0.15, 0.2) is 5.76 Å². The molecule has 4 aromatic rings. The highest BCUT2D eigenvalue weighted by Gasteiger charge is 2.34. The molecule has 4 heterocycles. The van der Waals surface area contributed by atoms with Gasteiger partial charge < -0.3 is 14.3 Å². The van der Waals surface area contributed by atoms with Crippen molar-refractivity contribution in [3.8, 4) is 23.2 Å². The summed E-state index contributed by atoms with van der Waals surface area (Å²) in [5.41, 5.74) is 1.09. The Morgan fingerprint density at radius 3 is 2.68 bits per heavy atom. The number of methoxy groups -OCH3 is 1. The van der Waals surface area contributed by atoms with Crippen molar-refractivity contribution in [2.24, 2.45) is 11.8 Å². The number of rotatable bonds is 5. The molecule has 5 rings (SSSR count). The van der Waals surface area contributed by atoms with Crippen LogP contribution in [0.2, 0.25) is 0 Å². The Balaban J connectivity index is 1.61. The number of thiazole rings is 1. The number of hydrogen-bond acceptors (Lipinski definition) is 7. The molecule has 3 atom stereocenters. The third kappa shape index (κ3) is 3.70. The number of aromatic hydroxyl groups is 1. The van der Waals surface area contributed by atoms with Crippen LogP contribution in [-0.2, 0) is 0 Å². The van der Waals surface area contributed by atoms with Crippen molar-refractivity contribution in [2.45, 2.75) is 26.3 Å². The summed E-state index contributed by atoms with van der Waals surface area (Å²) in [6, 6.07) is 11.6. The first-order valence-electron chi connectivity index (χ1n) is 10.5. The lowest BCUT2D eigenvalue weighted by atomic mass is 9.89. The lowest BCUT2D eigenvalue weighted by Crippen LogP contribution is -2.41. The number of likely N-dealkylation sites (tertiary alicyclic amines) is 1. The largest absolute Gasteiger partial charge is 0.497 e. The number of benzene rings is 1. The normalized spacial score (nSPS) is 20.9. The van der Waals surface area contributed by atoms with Crippen molar-refractivity contribution in [2.75, 3.05) is 20.2 Å². The van der Waals surface area contributed by atoms with Gasteiger partial charge >= 0.3 is 0 Å². The highest BCUT2D eigenvalue weighted by Crippen LogP contribution is 2.43. The second kappa shape index (κ2) is 8.01. The van der Waals surface area contributed by atoms with Crippen LogP contribution in [0.4, 0.5) is 0 Å². The average Bonchev–Trinajstić information content (AvgIpc) is 3.47. The Bertz CT molecular complexity index is 1170. The predicted octanol–water partition coefficient (Wildman–Crippen LogP) is 4.83. The second-order valence-corrected chi connectivity index (χ2v) is 9.49. The SMILES string of the molecule is COc1cccc([C@@H](c2sc3nc(-c4ccco4)nn3c2O)N2C[C@@H](C)C[C@H](C)C2)c1. The molecule has 7 nitrogen and oxygen atoms in total. The van der Waals surface area contributed by atoms with Gasteiger partial charge in [0, 0.05) is 13.1 Å². The number of ether oxygens (including phenoxy) is 1. The quantitative estimate of drug-likeness (QED) is 0.481. The van der Waals surface area contributed by atoms with Gasteiger partial charge in [0.1, 0.15) is 5.75 Å². The van der Waals surface area contributed by atoms with E-state index in [1.807, 2.05) is 18.2 Å². The van der Waals surface area contributed by atoms with Crippen LogP contribution in [0, 0.1) is 11.8 Å². The van der Waals surface area contributed by atoms with E-state index in [0.717, 1.165) is 29.3 Å². The minimum atomic E-state index is -0.0964. The first-order chi connectivity index (χ1) is 15.0. The molecule has 0 radical (unpaired) electrons. The van der Waals surface area contributed by atoms with Crippen LogP contribution in [0.25, 0.3) is 16.5 Å². The van der Waals surface area contributed by atoms with Crippen LogP contribution in [0.3, 0.4) is 0 Å². The topological polar surface area (TPSA) is 76.0 Å². The van der Waals surface area contributed by atoms with E-state index in [2.05, 4.69) is 41.0 Å². The highest BCUT2D eigenvalue weighted by atomic mass is 32.1. The van der Waals surface area contributed by atoms with Gasteiger partial charge in [-0.3, -0.25) is 4.90 Å². The molecule has 0 amide bonds. The Morgan fingerprint density at radius 1 is 1.19 bits per heavy atom.